The summed E-state index contributed by atoms with van der Waals surface area (Å²) in [4.78, 5) is 11.9. The summed E-state index contributed by atoms with van der Waals surface area (Å²) in [6.07, 6.45) is -3.35. The Morgan fingerprint density at radius 2 is 2.11 bits per heavy atom. The molecule has 0 aliphatic rings. The number of aromatic nitrogens is 2. The number of alkyl halides is 3. The first-order chi connectivity index (χ1) is 12.6. The van der Waals surface area contributed by atoms with Gasteiger partial charge in [-0.2, -0.15) is 23.0 Å². The minimum Gasteiger partial charge on any atom is -0.467 e. The topological polar surface area (TPSA) is 82.2 Å². The zero-order valence-electron chi connectivity index (χ0n) is 13.9. The van der Waals surface area contributed by atoms with Crippen molar-refractivity contribution in [2.24, 2.45) is 5.73 Å². The van der Waals surface area contributed by atoms with E-state index in [9.17, 15) is 18.0 Å². The molecule has 2 aromatic rings. The fraction of sp³-hybridized carbons (Fsp3) is 0.188. The molecule has 1 heterocycles. The van der Waals surface area contributed by atoms with Crippen molar-refractivity contribution >= 4 is 34.7 Å². The minimum atomic E-state index is -4.70. The summed E-state index contributed by atoms with van der Waals surface area (Å²) < 4.78 is 45.1. The van der Waals surface area contributed by atoms with Crippen LogP contribution in [0.4, 0.5) is 13.2 Å². The van der Waals surface area contributed by atoms with E-state index >= 15 is 0 Å². The molecule has 0 radical (unpaired) electrons. The molecule has 1 amide bonds. The summed E-state index contributed by atoms with van der Waals surface area (Å²) in [6.45, 7) is 0.987. The van der Waals surface area contributed by atoms with Gasteiger partial charge in [0, 0.05) is 11.8 Å². The van der Waals surface area contributed by atoms with Crippen molar-refractivity contribution in [3.63, 3.8) is 0 Å². The van der Waals surface area contributed by atoms with E-state index < -0.39 is 24.4 Å². The summed E-state index contributed by atoms with van der Waals surface area (Å²) in [5.74, 6) is -0.972. The highest BCUT2D eigenvalue weighted by atomic mass is 35.5. The first-order valence-corrected chi connectivity index (χ1v) is 8.19. The summed E-state index contributed by atoms with van der Waals surface area (Å²) >= 11 is 10.9. The molecule has 0 fully saturated rings. The van der Waals surface area contributed by atoms with E-state index in [4.69, 9.17) is 34.3 Å². The van der Waals surface area contributed by atoms with Crippen LogP contribution in [0, 0.1) is 0 Å². The number of nitrogens with zero attached hydrogens (tertiary/aromatic N) is 2. The third kappa shape index (κ3) is 5.69. The number of amides is 1. The monoisotopic (exact) mass is 418 g/mol. The van der Waals surface area contributed by atoms with Gasteiger partial charge in [0.05, 0.1) is 10.7 Å². The molecule has 144 valence electrons. The molecular weight excluding hydrogens is 405 g/mol. The van der Waals surface area contributed by atoms with Gasteiger partial charge in [0.25, 0.3) is 5.91 Å². The number of allylic oxidation sites excluding steroid dienone is 1. The average molecular weight is 419 g/mol. The maximum atomic E-state index is 13.0. The summed E-state index contributed by atoms with van der Waals surface area (Å²) in [6, 6.07) is 6.82. The third-order valence-electron chi connectivity index (χ3n) is 3.02. The fourth-order valence-corrected chi connectivity index (χ4v) is 2.47. The fourth-order valence-electron chi connectivity index (χ4n) is 1.96. The van der Waals surface area contributed by atoms with Gasteiger partial charge in [0.2, 0.25) is 5.88 Å². The molecule has 3 N–H and O–H groups in total. The lowest BCUT2D eigenvalue weighted by Crippen LogP contribution is -2.32. The molecule has 0 bridgehead atoms. The number of rotatable bonds is 5. The van der Waals surface area contributed by atoms with Crippen LogP contribution in [-0.4, -0.2) is 27.3 Å². The van der Waals surface area contributed by atoms with Crippen molar-refractivity contribution in [3.8, 4) is 11.6 Å². The van der Waals surface area contributed by atoms with Gasteiger partial charge in [-0.15, -0.1) is 0 Å². The van der Waals surface area contributed by atoms with Crippen molar-refractivity contribution in [1.29, 1.82) is 0 Å². The van der Waals surface area contributed by atoms with E-state index in [1.807, 2.05) is 0 Å². The van der Waals surface area contributed by atoms with Crippen LogP contribution in [0.15, 0.2) is 42.1 Å². The number of hydrogen-bond donors (Lipinski definition) is 2. The van der Waals surface area contributed by atoms with Gasteiger partial charge in [0.1, 0.15) is 4.99 Å². The van der Waals surface area contributed by atoms with Crippen LogP contribution < -0.4 is 15.8 Å². The second-order valence-corrected chi connectivity index (χ2v) is 6.17. The van der Waals surface area contributed by atoms with Gasteiger partial charge in [-0.1, -0.05) is 36.0 Å². The largest absolute Gasteiger partial charge is 0.467 e. The van der Waals surface area contributed by atoms with Crippen LogP contribution in [0.2, 0.25) is 5.02 Å². The second kappa shape index (κ2) is 8.40. The number of thiocarbonyl (C=S) groups is 1. The van der Waals surface area contributed by atoms with E-state index in [-0.39, 0.29) is 21.6 Å². The molecule has 0 atom stereocenters. The van der Waals surface area contributed by atoms with Gasteiger partial charge in [-0.25, -0.2) is 0 Å². The maximum Gasteiger partial charge on any atom is 0.435 e. The molecule has 11 heteroatoms. The Morgan fingerprint density at radius 1 is 1.44 bits per heavy atom. The number of carbonyl (C=O) groups is 1. The number of nitrogens with two attached hydrogens (primary N) is 1. The number of benzene rings is 1. The number of nitrogens with one attached hydrogen (secondary N) is 1. The number of para-hydroxylation sites is 1. The first kappa shape index (κ1) is 20.7. The van der Waals surface area contributed by atoms with E-state index in [1.165, 1.54) is 18.2 Å². The van der Waals surface area contributed by atoms with Crippen molar-refractivity contribution in [2.45, 2.75) is 13.1 Å². The number of carbonyl (C=O) groups excluding carboxylic acids is 1. The van der Waals surface area contributed by atoms with E-state index in [0.717, 1.165) is 4.68 Å². The van der Waals surface area contributed by atoms with Crippen molar-refractivity contribution in [3.05, 3.63) is 52.8 Å². The molecule has 2 rings (SSSR count). The molecule has 0 saturated carbocycles. The third-order valence-corrected chi connectivity index (χ3v) is 3.56. The molecule has 0 spiro atoms. The highest BCUT2D eigenvalue weighted by Crippen LogP contribution is 2.33. The van der Waals surface area contributed by atoms with Crippen LogP contribution in [0.25, 0.3) is 5.69 Å². The Balaban J connectivity index is 2.24. The lowest BCUT2D eigenvalue weighted by molar-refractivity contribution is -0.141. The molecule has 27 heavy (non-hydrogen) atoms. The summed E-state index contributed by atoms with van der Waals surface area (Å²) in [5, 5.41) is 5.97. The zero-order valence-corrected chi connectivity index (χ0v) is 15.5. The maximum absolute atomic E-state index is 13.0. The minimum absolute atomic E-state index is 0.0548. The Kier molecular flexibility index (Phi) is 6.45. The molecule has 6 nitrogen and oxygen atoms in total. The Labute approximate surface area is 162 Å². The predicted molar refractivity (Wildman–Crippen MR) is 97.8 cm³/mol. The van der Waals surface area contributed by atoms with Crippen LogP contribution in [-0.2, 0) is 11.0 Å². The molecule has 0 aliphatic carbocycles. The van der Waals surface area contributed by atoms with Crippen LogP contribution >= 0.6 is 23.8 Å². The quantitative estimate of drug-likeness (QED) is 0.575. The molecule has 0 aliphatic heterocycles. The Bertz CT molecular complexity index is 892. The number of ether oxygens (including phenoxy) is 1. The van der Waals surface area contributed by atoms with Crippen LogP contribution in [0.3, 0.4) is 0 Å². The zero-order chi connectivity index (χ0) is 20.2. The predicted octanol–water partition coefficient (Wildman–Crippen LogP) is 3.23. The summed E-state index contributed by atoms with van der Waals surface area (Å²) in [5.41, 5.74) is 4.80. The average Bonchev–Trinajstić information content (AvgIpc) is 2.96. The lowest BCUT2D eigenvalue weighted by atomic mass is 10.3. The molecule has 0 saturated heterocycles. The molecule has 1 aromatic carbocycles. The molecule has 0 unspecified atom stereocenters. The Hall–Kier alpha value is -2.59. The highest BCUT2D eigenvalue weighted by molar-refractivity contribution is 7.80. The van der Waals surface area contributed by atoms with Crippen LogP contribution in [0.5, 0.6) is 5.88 Å². The lowest BCUT2D eigenvalue weighted by Gasteiger charge is -2.10. The van der Waals surface area contributed by atoms with Crippen molar-refractivity contribution in [1.82, 2.24) is 15.1 Å². The van der Waals surface area contributed by atoms with Crippen LogP contribution in [0.1, 0.15) is 12.6 Å². The van der Waals surface area contributed by atoms with Gasteiger partial charge < -0.3 is 15.8 Å². The van der Waals surface area contributed by atoms with E-state index in [0.29, 0.717) is 11.8 Å². The second-order valence-electron chi connectivity index (χ2n) is 5.32. The smallest absolute Gasteiger partial charge is 0.435 e. The SMILES string of the molecule is CC(N)=CC(=S)NC(=O)COc1cc(C(F)(F)F)nn1-c1ccccc1Cl. The normalized spacial score (nSPS) is 12.0. The van der Waals surface area contributed by atoms with Gasteiger partial charge in [-0.05, 0) is 25.1 Å². The molecular formula is C16H14ClF3N4O2S. The number of hydrogen-bond acceptors (Lipinski definition) is 5. The summed E-state index contributed by atoms with van der Waals surface area (Å²) in [7, 11) is 0. The molecule has 1 aromatic heterocycles. The van der Waals surface area contributed by atoms with Crippen molar-refractivity contribution < 1.29 is 22.7 Å². The standard InChI is InChI=1S/C16H14ClF3N4O2S/c1-9(21)6-14(27)22-13(25)8-26-15-7-12(16(18,19)20)23-24(15)11-5-3-2-4-10(11)17/h2-7H,8,21H2,1H3,(H,22,25,27). The number of halogens is 4. The van der Waals surface area contributed by atoms with Gasteiger partial charge >= 0.3 is 6.18 Å². The van der Waals surface area contributed by atoms with E-state index in [1.54, 1.807) is 19.1 Å². The highest BCUT2D eigenvalue weighted by Gasteiger charge is 2.36. The Morgan fingerprint density at radius 3 is 2.70 bits per heavy atom. The first-order valence-electron chi connectivity index (χ1n) is 7.40. The van der Waals surface area contributed by atoms with Gasteiger partial charge in [-0.3, -0.25) is 4.79 Å². The van der Waals surface area contributed by atoms with E-state index in [2.05, 4.69) is 10.4 Å². The van der Waals surface area contributed by atoms with Crippen molar-refractivity contribution in [2.75, 3.05) is 6.61 Å². The van der Waals surface area contributed by atoms with Gasteiger partial charge in [0.15, 0.2) is 12.3 Å².